The maximum atomic E-state index is 6.14. The van der Waals surface area contributed by atoms with Crippen LogP contribution in [0.3, 0.4) is 0 Å². The van der Waals surface area contributed by atoms with Crippen molar-refractivity contribution >= 4 is 34.2 Å². The van der Waals surface area contributed by atoms with Crippen LogP contribution in [-0.4, -0.2) is 10.5 Å². The third-order valence-electron chi connectivity index (χ3n) is 2.36. The van der Waals surface area contributed by atoms with Crippen LogP contribution in [0.1, 0.15) is 31.9 Å². The molecule has 0 saturated carbocycles. The molecule has 0 saturated heterocycles. The summed E-state index contributed by atoms with van der Waals surface area (Å²) in [6.45, 7) is 4.22. The molecule has 0 amide bonds. The van der Waals surface area contributed by atoms with E-state index in [1.54, 1.807) is 0 Å². The van der Waals surface area contributed by atoms with Crippen LogP contribution in [0.4, 0.5) is 0 Å². The number of halogens is 2. The Kier molecular flexibility index (Phi) is 5.94. The first-order valence-electron chi connectivity index (χ1n) is 5.14. The van der Waals surface area contributed by atoms with Gasteiger partial charge in [-0.05, 0) is 19.4 Å². The van der Waals surface area contributed by atoms with Crippen molar-refractivity contribution in [2.45, 2.75) is 32.5 Å². The maximum Gasteiger partial charge on any atom is 0.0932 e. The summed E-state index contributed by atoms with van der Waals surface area (Å²) in [5.41, 5.74) is 1.09. The lowest BCUT2D eigenvalue weighted by Gasteiger charge is -2.21. The summed E-state index contributed by atoms with van der Waals surface area (Å²) in [4.78, 5) is 0. The lowest BCUT2D eigenvalue weighted by atomic mass is 10.1. The van der Waals surface area contributed by atoms with Crippen molar-refractivity contribution < 1.29 is 4.74 Å². The van der Waals surface area contributed by atoms with E-state index < -0.39 is 0 Å². The Labute approximate surface area is 110 Å². The Morgan fingerprint density at radius 1 is 1.40 bits per heavy atom. The second-order valence-electron chi connectivity index (χ2n) is 3.52. The van der Waals surface area contributed by atoms with Gasteiger partial charge in [-0.3, -0.25) is 0 Å². The lowest BCUT2D eigenvalue weighted by molar-refractivity contribution is 0.00984. The Morgan fingerprint density at radius 3 is 2.60 bits per heavy atom. The van der Waals surface area contributed by atoms with Crippen LogP contribution >= 0.6 is 34.2 Å². The highest BCUT2D eigenvalue weighted by Crippen LogP contribution is 2.28. The fraction of sp³-hybridized carbons (Fsp3) is 0.500. The molecule has 0 N–H and O–H groups in total. The minimum absolute atomic E-state index is 0.106. The van der Waals surface area contributed by atoms with Crippen molar-refractivity contribution in [1.29, 1.82) is 0 Å². The Bertz CT molecular complexity index is 303. The molecule has 84 valence electrons. The van der Waals surface area contributed by atoms with E-state index in [0.717, 1.165) is 21.4 Å². The molecular formula is C12H16ClIO. The fourth-order valence-electron chi connectivity index (χ4n) is 1.31. The highest BCUT2D eigenvalue weighted by atomic mass is 127. The summed E-state index contributed by atoms with van der Waals surface area (Å²) in [6.07, 6.45) is 1.41. The van der Waals surface area contributed by atoms with Crippen LogP contribution in [0, 0.1) is 0 Å². The molecule has 0 radical (unpaired) electrons. The Hall–Kier alpha value is 0.200. The number of hydrogen-bond acceptors (Lipinski definition) is 1. The standard InChI is InChI=1S/C12H16ClIO/c1-3-9(2)15-12(8-14)10-6-4-5-7-11(10)13/h4-7,9,12H,3,8H2,1-2H3. The van der Waals surface area contributed by atoms with Gasteiger partial charge in [-0.1, -0.05) is 59.3 Å². The van der Waals surface area contributed by atoms with Crippen LogP contribution in [0.25, 0.3) is 0 Å². The zero-order valence-electron chi connectivity index (χ0n) is 9.04. The second kappa shape index (κ2) is 6.71. The van der Waals surface area contributed by atoms with Crippen LogP contribution in [0.15, 0.2) is 24.3 Å². The second-order valence-corrected chi connectivity index (χ2v) is 4.81. The minimum atomic E-state index is 0.106. The normalized spacial score (nSPS) is 14.9. The zero-order valence-corrected chi connectivity index (χ0v) is 12.0. The first-order valence-corrected chi connectivity index (χ1v) is 7.05. The largest absolute Gasteiger partial charge is 0.370 e. The molecule has 1 nitrogen and oxygen atoms in total. The molecule has 3 heteroatoms. The van der Waals surface area contributed by atoms with Crippen LogP contribution in [0.2, 0.25) is 5.02 Å². The van der Waals surface area contributed by atoms with E-state index in [-0.39, 0.29) is 12.2 Å². The Morgan fingerprint density at radius 2 is 2.07 bits per heavy atom. The number of hydrogen-bond donors (Lipinski definition) is 0. The fourth-order valence-corrected chi connectivity index (χ4v) is 2.25. The van der Waals surface area contributed by atoms with Crippen molar-refractivity contribution in [3.05, 3.63) is 34.9 Å². The molecule has 0 heterocycles. The van der Waals surface area contributed by atoms with E-state index in [4.69, 9.17) is 16.3 Å². The average molecular weight is 339 g/mol. The van der Waals surface area contributed by atoms with E-state index >= 15 is 0 Å². The lowest BCUT2D eigenvalue weighted by Crippen LogP contribution is -2.14. The SMILES string of the molecule is CCC(C)OC(CI)c1ccccc1Cl. The van der Waals surface area contributed by atoms with Gasteiger partial charge in [-0.2, -0.15) is 0 Å². The first-order chi connectivity index (χ1) is 7.19. The van der Waals surface area contributed by atoms with Gasteiger partial charge in [0.05, 0.1) is 12.2 Å². The van der Waals surface area contributed by atoms with Crippen molar-refractivity contribution in [3.8, 4) is 0 Å². The van der Waals surface area contributed by atoms with Gasteiger partial charge in [0.1, 0.15) is 0 Å². The number of alkyl halides is 1. The third-order valence-corrected chi connectivity index (χ3v) is 3.51. The van der Waals surface area contributed by atoms with Gasteiger partial charge in [0.25, 0.3) is 0 Å². The molecular weight excluding hydrogens is 322 g/mol. The summed E-state index contributed by atoms with van der Waals surface area (Å²) in [6, 6.07) is 7.89. The topological polar surface area (TPSA) is 9.23 Å². The molecule has 0 aromatic heterocycles. The number of rotatable bonds is 5. The van der Waals surface area contributed by atoms with Crippen molar-refractivity contribution in [2.24, 2.45) is 0 Å². The molecule has 0 spiro atoms. The van der Waals surface area contributed by atoms with E-state index in [1.165, 1.54) is 0 Å². The first kappa shape index (κ1) is 13.3. The van der Waals surface area contributed by atoms with Gasteiger partial charge in [0.2, 0.25) is 0 Å². The zero-order chi connectivity index (χ0) is 11.3. The van der Waals surface area contributed by atoms with Gasteiger partial charge >= 0.3 is 0 Å². The molecule has 1 aromatic carbocycles. The van der Waals surface area contributed by atoms with Crippen molar-refractivity contribution in [2.75, 3.05) is 4.43 Å². The van der Waals surface area contributed by atoms with Gasteiger partial charge in [0, 0.05) is 15.0 Å². The molecule has 0 aliphatic carbocycles. The van der Waals surface area contributed by atoms with E-state index in [9.17, 15) is 0 Å². The molecule has 0 fully saturated rings. The Balaban J connectivity index is 2.78. The summed E-state index contributed by atoms with van der Waals surface area (Å²) >= 11 is 8.48. The van der Waals surface area contributed by atoms with Crippen LogP contribution in [0.5, 0.6) is 0 Å². The molecule has 1 aromatic rings. The van der Waals surface area contributed by atoms with Crippen LogP contribution in [-0.2, 0) is 4.74 Å². The monoisotopic (exact) mass is 338 g/mol. The average Bonchev–Trinajstić information content (AvgIpc) is 2.26. The molecule has 15 heavy (non-hydrogen) atoms. The van der Waals surface area contributed by atoms with E-state index in [0.29, 0.717) is 0 Å². The highest BCUT2D eigenvalue weighted by molar-refractivity contribution is 14.1. The molecule has 2 atom stereocenters. The van der Waals surface area contributed by atoms with Crippen LogP contribution < -0.4 is 0 Å². The summed E-state index contributed by atoms with van der Waals surface area (Å²) in [7, 11) is 0. The van der Waals surface area contributed by atoms with Gasteiger partial charge < -0.3 is 4.74 Å². The maximum absolute atomic E-state index is 6.14. The van der Waals surface area contributed by atoms with Crippen molar-refractivity contribution in [3.63, 3.8) is 0 Å². The summed E-state index contributed by atoms with van der Waals surface area (Å²) < 4.78 is 6.85. The predicted molar refractivity (Wildman–Crippen MR) is 73.9 cm³/mol. The van der Waals surface area contributed by atoms with E-state index in [1.807, 2.05) is 24.3 Å². The van der Waals surface area contributed by atoms with E-state index in [2.05, 4.69) is 36.4 Å². The highest BCUT2D eigenvalue weighted by Gasteiger charge is 2.15. The number of ether oxygens (including phenoxy) is 1. The summed E-state index contributed by atoms with van der Waals surface area (Å²) in [5, 5.41) is 0.794. The van der Waals surface area contributed by atoms with Gasteiger partial charge in [-0.25, -0.2) is 0 Å². The predicted octanol–water partition coefficient (Wildman–Crippen LogP) is 4.63. The molecule has 1 rings (SSSR count). The van der Waals surface area contributed by atoms with Crippen molar-refractivity contribution in [1.82, 2.24) is 0 Å². The quantitative estimate of drug-likeness (QED) is 0.562. The molecule has 0 bridgehead atoms. The molecule has 0 aliphatic heterocycles. The molecule has 2 unspecified atom stereocenters. The number of benzene rings is 1. The third kappa shape index (κ3) is 3.93. The van der Waals surface area contributed by atoms with Gasteiger partial charge in [0.15, 0.2) is 0 Å². The summed E-state index contributed by atoms with van der Waals surface area (Å²) in [5.74, 6) is 0. The minimum Gasteiger partial charge on any atom is -0.370 e. The van der Waals surface area contributed by atoms with Gasteiger partial charge in [-0.15, -0.1) is 0 Å². The smallest absolute Gasteiger partial charge is 0.0932 e. The molecule has 0 aliphatic rings.